The van der Waals surface area contributed by atoms with Crippen LogP contribution in [-0.2, 0) is 0 Å². The smallest absolute Gasteiger partial charge is 0.323 e. The third-order valence-corrected chi connectivity index (χ3v) is 1.94. The van der Waals surface area contributed by atoms with Gasteiger partial charge in [-0.3, -0.25) is 0 Å². The van der Waals surface area contributed by atoms with Crippen molar-refractivity contribution in [2.75, 3.05) is 30.3 Å². The zero-order valence-electron chi connectivity index (χ0n) is 11.1. The van der Waals surface area contributed by atoms with Gasteiger partial charge in [-0.2, -0.15) is 15.0 Å². The standard InChI is InChI=1S/C11H21N5O2/c1-4-6-18-11-15-9(12-5-2)14-10(16-11)13-7-8(3)17/h8,17H,4-7H2,1-3H3,(H2,12,13,14,15,16). The lowest BCUT2D eigenvalue weighted by atomic mass is 10.4. The molecular formula is C11H21N5O2. The van der Waals surface area contributed by atoms with E-state index in [-0.39, 0.29) is 6.01 Å². The Morgan fingerprint density at radius 3 is 2.39 bits per heavy atom. The van der Waals surface area contributed by atoms with E-state index < -0.39 is 6.10 Å². The third kappa shape index (κ3) is 5.13. The molecule has 0 spiro atoms. The Balaban J connectivity index is 2.76. The summed E-state index contributed by atoms with van der Waals surface area (Å²) in [5, 5.41) is 15.2. The number of aromatic nitrogens is 3. The van der Waals surface area contributed by atoms with E-state index in [1.54, 1.807) is 6.92 Å². The Bertz CT molecular complexity index is 359. The fraction of sp³-hybridized carbons (Fsp3) is 0.727. The Kier molecular flexibility index (Phi) is 6.13. The molecule has 1 aromatic heterocycles. The minimum Gasteiger partial charge on any atom is -0.463 e. The summed E-state index contributed by atoms with van der Waals surface area (Å²) in [5.41, 5.74) is 0. The van der Waals surface area contributed by atoms with Gasteiger partial charge in [0.2, 0.25) is 11.9 Å². The number of aliphatic hydroxyl groups is 1. The molecule has 7 nitrogen and oxygen atoms in total. The Hall–Kier alpha value is -1.63. The molecule has 0 amide bonds. The van der Waals surface area contributed by atoms with Crippen molar-refractivity contribution in [2.24, 2.45) is 0 Å². The molecule has 0 aliphatic carbocycles. The first-order valence-electron chi connectivity index (χ1n) is 6.20. The van der Waals surface area contributed by atoms with Gasteiger partial charge >= 0.3 is 6.01 Å². The summed E-state index contributed by atoms with van der Waals surface area (Å²) < 4.78 is 5.38. The molecule has 3 N–H and O–H groups in total. The molecule has 0 aliphatic heterocycles. The van der Waals surface area contributed by atoms with Crippen LogP contribution in [0.4, 0.5) is 11.9 Å². The molecule has 0 fully saturated rings. The van der Waals surface area contributed by atoms with Crippen molar-refractivity contribution in [3.8, 4) is 6.01 Å². The van der Waals surface area contributed by atoms with E-state index in [4.69, 9.17) is 4.74 Å². The molecular weight excluding hydrogens is 234 g/mol. The van der Waals surface area contributed by atoms with Crippen molar-refractivity contribution in [3.05, 3.63) is 0 Å². The van der Waals surface area contributed by atoms with Crippen LogP contribution >= 0.6 is 0 Å². The van der Waals surface area contributed by atoms with Crippen molar-refractivity contribution in [1.82, 2.24) is 15.0 Å². The first-order chi connectivity index (χ1) is 8.65. The molecule has 1 aromatic rings. The van der Waals surface area contributed by atoms with E-state index in [9.17, 15) is 5.11 Å². The molecule has 0 saturated carbocycles. The Morgan fingerprint density at radius 1 is 1.17 bits per heavy atom. The average Bonchev–Trinajstić information content (AvgIpc) is 2.34. The molecule has 1 atom stereocenters. The van der Waals surface area contributed by atoms with Gasteiger partial charge in [0.25, 0.3) is 0 Å². The second-order valence-corrected chi connectivity index (χ2v) is 3.87. The number of nitrogens with one attached hydrogen (secondary N) is 2. The molecule has 0 aromatic carbocycles. The summed E-state index contributed by atoms with van der Waals surface area (Å²) in [5.74, 6) is 0.861. The monoisotopic (exact) mass is 255 g/mol. The first-order valence-corrected chi connectivity index (χ1v) is 6.20. The van der Waals surface area contributed by atoms with E-state index in [2.05, 4.69) is 25.6 Å². The van der Waals surface area contributed by atoms with Crippen LogP contribution in [-0.4, -0.2) is 45.9 Å². The Labute approximate surface area is 107 Å². The van der Waals surface area contributed by atoms with Gasteiger partial charge in [-0.15, -0.1) is 0 Å². The van der Waals surface area contributed by atoms with E-state index >= 15 is 0 Å². The van der Waals surface area contributed by atoms with E-state index in [0.29, 0.717) is 31.6 Å². The van der Waals surface area contributed by atoms with Crippen molar-refractivity contribution >= 4 is 11.9 Å². The maximum atomic E-state index is 9.22. The van der Waals surface area contributed by atoms with Crippen LogP contribution in [0.1, 0.15) is 27.2 Å². The molecule has 0 bridgehead atoms. The van der Waals surface area contributed by atoms with Gasteiger partial charge in [-0.25, -0.2) is 0 Å². The molecule has 1 heterocycles. The molecule has 0 radical (unpaired) electrons. The van der Waals surface area contributed by atoms with Crippen molar-refractivity contribution in [3.63, 3.8) is 0 Å². The fourth-order valence-corrected chi connectivity index (χ4v) is 1.17. The highest BCUT2D eigenvalue weighted by atomic mass is 16.5. The van der Waals surface area contributed by atoms with Crippen LogP contribution in [0.25, 0.3) is 0 Å². The molecule has 1 rings (SSSR count). The number of nitrogens with zero attached hydrogens (tertiary/aromatic N) is 3. The minimum atomic E-state index is -0.468. The highest BCUT2D eigenvalue weighted by Gasteiger charge is 2.07. The van der Waals surface area contributed by atoms with Gasteiger partial charge in [-0.05, 0) is 20.3 Å². The number of hydrogen-bond acceptors (Lipinski definition) is 7. The molecule has 1 unspecified atom stereocenters. The number of rotatable bonds is 8. The molecule has 18 heavy (non-hydrogen) atoms. The summed E-state index contributed by atoms with van der Waals surface area (Å²) in [6.45, 7) is 7.31. The average molecular weight is 255 g/mol. The van der Waals surface area contributed by atoms with E-state index in [1.807, 2.05) is 13.8 Å². The Morgan fingerprint density at radius 2 is 1.83 bits per heavy atom. The lowest BCUT2D eigenvalue weighted by Crippen LogP contribution is -2.18. The maximum Gasteiger partial charge on any atom is 0.323 e. The van der Waals surface area contributed by atoms with Crippen LogP contribution in [0, 0.1) is 0 Å². The second kappa shape index (κ2) is 7.65. The quantitative estimate of drug-likeness (QED) is 0.635. The molecule has 7 heteroatoms. The second-order valence-electron chi connectivity index (χ2n) is 3.87. The number of anilines is 2. The molecule has 102 valence electrons. The van der Waals surface area contributed by atoms with Gasteiger partial charge in [-0.1, -0.05) is 6.92 Å². The highest BCUT2D eigenvalue weighted by molar-refractivity contribution is 5.35. The van der Waals surface area contributed by atoms with Crippen LogP contribution < -0.4 is 15.4 Å². The lowest BCUT2D eigenvalue weighted by Gasteiger charge is -2.10. The number of ether oxygens (including phenoxy) is 1. The van der Waals surface area contributed by atoms with Gasteiger partial charge in [0, 0.05) is 13.1 Å². The maximum absolute atomic E-state index is 9.22. The SMILES string of the molecule is CCCOc1nc(NCC)nc(NCC(C)O)n1. The zero-order valence-corrected chi connectivity index (χ0v) is 11.1. The summed E-state index contributed by atoms with van der Waals surface area (Å²) in [6.07, 6.45) is 0.419. The van der Waals surface area contributed by atoms with E-state index in [0.717, 1.165) is 6.42 Å². The predicted molar refractivity (Wildman–Crippen MR) is 69.9 cm³/mol. The topological polar surface area (TPSA) is 92.2 Å². The van der Waals surface area contributed by atoms with Gasteiger partial charge in [0.05, 0.1) is 12.7 Å². The predicted octanol–water partition coefficient (Wildman–Crippen LogP) is 0.885. The van der Waals surface area contributed by atoms with Crippen LogP contribution in [0.2, 0.25) is 0 Å². The van der Waals surface area contributed by atoms with Gasteiger partial charge in [0.15, 0.2) is 0 Å². The molecule has 0 aliphatic rings. The highest BCUT2D eigenvalue weighted by Crippen LogP contribution is 2.11. The minimum absolute atomic E-state index is 0.288. The lowest BCUT2D eigenvalue weighted by molar-refractivity contribution is 0.208. The largest absolute Gasteiger partial charge is 0.463 e. The van der Waals surface area contributed by atoms with Crippen LogP contribution in [0.3, 0.4) is 0 Å². The normalized spacial score (nSPS) is 12.0. The van der Waals surface area contributed by atoms with Crippen molar-refractivity contribution < 1.29 is 9.84 Å². The summed E-state index contributed by atoms with van der Waals surface area (Å²) in [4.78, 5) is 12.4. The molecule has 0 saturated heterocycles. The zero-order chi connectivity index (χ0) is 13.4. The van der Waals surface area contributed by atoms with E-state index in [1.165, 1.54) is 0 Å². The number of hydrogen-bond donors (Lipinski definition) is 3. The van der Waals surface area contributed by atoms with Gasteiger partial charge in [0.1, 0.15) is 0 Å². The van der Waals surface area contributed by atoms with Crippen molar-refractivity contribution in [1.29, 1.82) is 0 Å². The number of aliphatic hydroxyl groups excluding tert-OH is 1. The fourth-order valence-electron chi connectivity index (χ4n) is 1.17. The summed E-state index contributed by atoms with van der Waals surface area (Å²) in [7, 11) is 0. The summed E-state index contributed by atoms with van der Waals surface area (Å²) in [6, 6.07) is 0.288. The summed E-state index contributed by atoms with van der Waals surface area (Å²) >= 11 is 0. The third-order valence-electron chi connectivity index (χ3n) is 1.94. The van der Waals surface area contributed by atoms with Crippen molar-refractivity contribution in [2.45, 2.75) is 33.3 Å². The van der Waals surface area contributed by atoms with Crippen LogP contribution in [0.5, 0.6) is 6.01 Å². The van der Waals surface area contributed by atoms with Gasteiger partial charge < -0.3 is 20.5 Å². The first kappa shape index (κ1) is 14.4. The van der Waals surface area contributed by atoms with Crippen LogP contribution in [0.15, 0.2) is 0 Å².